The van der Waals surface area contributed by atoms with E-state index in [0.717, 1.165) is 22.3 Å². The van der Waals surface area contributed by atoms with Crippen LogP contribution in [-0.4, -0.2) is 21.6 Å². The second-order valence-corrected chi connectivity index (χ2v) is 6.70. The zero-order chi connectivity index (χ0) is 17.2. The number of hydrogen-bond donors (Lipinski definition) is 0. The first-order valence-corrected chi connectivity index (χ1v) is 8.16. The molecule has 1 aromatic heterocycles. The summed E-state index contributed by atoms with van der Waals surface area (Å²) in [5.74, 6) is 0. The van der Waals surface area contributed by atoms with Crippen molar-refractivity contribution in [1.82, 2.24) is 4.48 Å². The molecule has 122 valence electrons. The molecule has 0 radical (unpaired) electrons. The molecule has 5 heteroatoms. The van der Waals surface area contributed by atoms with Gasteiger partial charge in [-0.3, -0.25) is 0 Å². The van der Waals surface area contributed by atoms with Crippen LogP contribution in [0.5, 0.6) is 0 Å². The van der Waals surface area contributed by atoms with Gasteiger partial charge in [0.05, 0.1) is 5.57 Å². The van der Waals surface area contributed by atoms with E-state index in [4.69, 9.17) is 0 Å². The highest BCUT2D eigenvalue weighted by Gasteiger charge is 2.55. The molecule has 0 amide bonds. The number of allylic oxidation sites excluding steroid dienone is 2. The third-order valence-corrected chi connectivity index (χ3v) is 5.00. The van der Waals surface area contributed by atoms with Gasteiger partial charge >= 0.3 is 6.97 Å². The number of nitrogens with zero attached hydrogens (tertiary/aromatic N) is 2. The number of aryl methyl sites for hydroxylation is 2. The number of fused-ring (bicyclic) bond motifs is 2. The second-order valence-electron chi connectivity index (χ2n) is 6.70. The van der Waals surface area contributed by atoms with Crippen LogP contribution < -0.4 is 0 Å². The van der Waals surface area contributed by atoms with Crippen LogP contribution >= 0.6 is 0 Å². The van der Waals surface area contributed by atoms with Gasteiger partial charge < -0.3 is 17.6 Å². The number of hydrogen-bond acceptors (Lipinski definition) is 0. The van der Waals surface area contributed by atoms with E-state index < -0.39 is 6.97 Å². The van der Waals surface area contributed by atoms with Crippen molar-refractivity contribution in [2.45, 2.75) is 27.7 Å². The molecule has 2 aliphatic heterocycles. The highest BCUT2D eigenvalue weighted by Crippen LogP contribution is 2.43. The normalized spacial score (nSPS) is 18.7. The lowest BCUT2D eigenvalue weighted by molar-refractivity contribution is -0.363. The maximum Gasteiger partial charge on any atom is 0.737 e. The van der Waals surface area contributed by atoms with Crippen LogP contribution in [0.25, 0.3) is 5.57 Å². The lowest BCUT2D eigenvalue weighted by Crippen LogP contribution is -2.51. The van der Waals surface area contributed by atoms with Crippen molar-refractivity contribution in [1.29, 1.82) is 0 Å². The Hall–Kier alpha value is -2.43. The van der Waals surface area contributed by atoms with Crippen LogP contribution in [-0.2, 0) is 0 Å². The fraction of sp³-hybridized carbons (Fsp3) is 0.211. The second kappa shape index (κ2) is 4.79. The van der Waals surface area contributed by atoms with E-state index >= 15 is 8.63 Å². The molecule has 0 aliphatic carbocycles. The van der Waals surface area contributed by atoms with Crippen molar-refractivity contribution >= 4 is 18.3 Å². The Morgan fingerprint density at radius 3 is 2.33 bits per heavy atom. The Kier molecular flexibility index (Phi) is 3.02. The molecule has 1 aromatic carbocycles. The molecule has 2 aromatic rings. The zero-order valence-corrected chi connectivity index (χ0v) is 14.3. The highest BCUT2D eigenvalue weighted by atomic mass is 19.2. The molecule has 0 spiro atoms. The van der Waals surface area contributed by atoms with Crippen LogP contribution in [0.15, 0.2) is 53.7 Å². The minimum absolute atomic E-state index is 0.595. The lowest BCUT2D eigenvalue weighted by atomic mass is 9.84. The van der Waals surface area contributed by atoms with E-state index in [2.05, 4.69) is 0 Å². The van der Waals surface area contributed by atoms with Crippen molar-refractivity contribution in [2.24, 2.45) is 0 Å². The van der Waals surface area contributed by atoms with Gasteiger partial charge in [-0.25, -0.2) is 0 Å². The van der Waals surface area contributed by atoms with Gasteiger partial charge in [-0.2, -0.15) is 0 Å². The minimum atomic E-state index is -3.89. The van der Waals surface area contributed by atoms with Crippen molar-refractivity contribution < 1.29 is 13.1 Å². The van der Waals surface area contributed by atoms with Crippen LogP contribution in [0.4, 0.5) is 8.63 Å². The average Bonchev–Trinajstić information content (AvgIpc) is 2.98. The predicted octanol–water partition coefficient (Wildman–Crippen LogP) is 4.53. The summed E-state index contributed by atoms with van der Waals surface area (Å²) in [5, 5.41) is 0. The van der Waals surface area contributed by atoms with Gasteiger partial charge in [-0.15, -0.1) is 0 Å². The summed E-state index contributed by atoms with van der Waals surface area (Å²) in [6.07, 6.45) is 1.85. The summed E-state index contributed by atoms with van der Waals surface area (Å²) in [4.78, 5) is 0. The predicted molar refractivity (Wildman–Crippen MR) is 94.4 cm³/mol. The summed E-state index contributed by atoms with van der Waals surface area (Å²) in [6.45, 7) is 3.44. The molecule has 3 heterocycles. The molecule has 0 saturated heterocycles. The molecule has 0 atom stereocenters. The first-order chi connectivity index (χ1) is 11.3. The van der Waals surface area contributed by atoms with E-state index in [1.807, 2.05) is 56.3 Å². The molecule has 4 rings (SSSR count). The number of halogens is 2. The van der Waals surface area contributed by atoms with Gasteiger partial charge in [0.15, 0.2) is 5.70 Å². The first kappa shape index (κ1) is 15.1. The topological polar surface area (TPSA) is 7.94 Å². The van der Waals surface area contributed by atoms with Gasteiger partial charge in [0, 0.05) is 24.3 Å². The van der Waals surface area contributed by atoms with Crippen LogP contribution in [0, 0.1) is 13.8 Å². The average molecular weight is 324 g/mol. The monoisotopic (exact) mass is 324 g/mol. The summed E-state index contributed by atoms with van der Waals surface area (Å²) in [5.41, 5.74) is 6.09. The van der Waals surface area contributed by atoms with Crippen molar-refractivity contribution in [2.75, 3.05) is 0 Å². The number of benzene rings is 1. The zero-order valence-electron chi connectivity index (χ0n) is 14.3. The third kappa shape index (κ3) is 1.78. The molecule has 0 unspecified atom stereocenters. The Morgan fingerprint density at radius 1 is 1.00 bits per heavy atom. The molecule has 24 heavy (non-hydrogen) atoms. The van der Waals surface area contributed by atoms with Crippen LogP contribution in [0.3, 0.4) is 0 Å². The molecule has 2 nitrogen and oxygen atoms in total. The molecule has 0 saturated carbocycles. The Morgan fingerprint density at radius 2 is 1.67 bits per heavy atom. The highest BCUT2D eigenvalue weighted by molar-refractivity contribution is 6.58. The van der Waals surface area contributed by atoms with Crippen LogP contribution in [0.2, 0.25) is 0 Å². The van der Waals surface area contributed by atoms with Crippen molar-refractivity contribution in [3.8, 4) is 0 Å². The number of aromatic nitrogens is 1. The summed E-state index contributed by atoms with van der Waals surface area (Å²) in [7, 11) is 0. The van der Waals surface area contributed by atoms with Gasteiger partial charge in [0.1, 0.15) is 5.71 Å². The van der Waals surface area contributed by atoms with Gasteiger partial charge in [0.2, 0.25) is 0 Å². The molecular weight excluding hydrogens is 305 g/mol. The summed E-state index contributed by atoms with van der Waals surface area (Å²) < 4.78 is 33.3. The third-order valence-electron chi connectivity index (χ3n) is 5.00. The molecule has 0 bridgehead atoms. The maximum absolute atomic E-state index is 15.4. The van der Waals surface area contributed by atoms with Gasteiger partial charge in [0.25, 0.3) is 0 Å². The fourth-order valence-electron chi connectivity index (χ4n) is 4.18. The Balaban J connectivity index is 2.20. The van der Waals surface area contributed by atoms with Crippen LogP contribution in [0.1, 0.15) is 36.4 Å². The lowest BCUT2D eigenvalue weighted by Gasteiger charge is -2.34. The maximum atomic E-state index is 15.4. The largest absolute Gasteiger partial charge is 0.737 e. The van der Waals surface area contributed by atoms with Gasteiger partial charge in [-0.05, 0) is 43.7 Å². The Bertz CT molecular complexity index is 963. The molecule has 0 N–H and O–H groups in total. The summed E-state index contributed by atoms with van der Waals surface area (Å²) >= 11 is 0. The van der Waals surface area contributed by atoms with E-state index in [1.54, 1.807) is 13.8 Å². The smallest absolute Gasteiger partial charge is 0.393 e. The number of rotatable bonds is 1. The quantitative estimate of drug-likeness (QED) is 0.681. The minimum Gasteiger partial charge on any atom is -0.393 e. The Labute approximate surface area is 140 Å². The first-order valence-electron chi connectivity index (χ1n) is 8.16. The van der Waals surface area contributed by atoms with Gasteiger partial charge in [-0.1, -0.05) is 30.3 Å². The molecule has 0 fully saturated rings. The van der Waals surface area contributed by atoms with E-state index in [1.165, 1.54) is 8.96 Å². The fourth-order valence-corrected chi connectivity index (χ4v) is 4.18. The SMILES string of the molecule is CC1=CC(C)=[N+]2C1=C(c1ccccc1)c1c(C)cc(C)n1[B-]2(F)F. The molecule has 2 aliphatic rings. The summed E-state index contributed by atoms with van der Waals surface area (Å²) in [6, 6.07) is 11.7. The van der Waals surface area contributed by atoms with Crippen molar-refractivity contribution in [3.05, 3.63) is 76.3 Å². The van der Waals surface area contributed by atoms with E-state index in [-0.39, 0.29) is 0 Å². The molecular formula is C19H19BF2N2. The van der Waals surface area contributed by atoms with E-state index in [0.29, 0.717) is 22.8 Å². The van der Waals surface area contributed by atoms with Crippen molar-refractivity contribution in [3.63, 3.8) is 0 Å². The van der Waals surface area contributed by atoms with E-state index in [9.17, 15) is 0 Å². The standard InChI is InChI=1S/C19H19BF2N2/c1-12-10-14(3)23-18(12)17(16-8-6-5-7-9-16)19-13(2)11-15(4)24(19)20(23,21)22/h5-11H,1-4H3.